The van der Waals surface area contributed by atoms with Gasteiger partial charge >= 0.3 is 0 Å². The van der Waals surface area contributed by atoms with E-state index in [9.17, 15) is 4.79 Å². The molecule has 0 saturated carbocycles. The van der Waals surface area contributed by atoms with Gasteiger partial charge in [0.2, 0.25) is 5.91 Å². The number of carbonyl (C=O) groups excluding carboxylic acids is 1. The monoisotopic (exact) mass is 326 g/mol. The van der Waals surface area contributed by atoms with Crippen molar-refractivity contribution in [2.45, 2.75) is 12.8 Å². The first-order valence-corrected chi connectivity index (χ1v) is 7.33. The molecule has 1 saturated heterocycles. The molecule has 1 atom stereocenters. The molecule has 1 unspecified atom stereocenters. The van der Waals surface area contributed by atoms with Crippen molar-refractivity contribution in [3.8, 4) is 0 Å². The van der Waals surface area contributed by atoms with Crippen LogP contribution in [0, 0.1) is 5.92 Å². The Balaban J connectivity index is 1.99. The zero-order chi connectivity index (χ0) is 13.7. The van der Waals surface area contributed by atoms with Gasteiger partial charge in [-0.3, -0.25) is 9.78 Å². The van der Waals surface area contributed by atoms with Crippen LogP contribution in [0.3, 0.4) is 0 Å². The smallest absolute Gasteiger partial charge is 0.224 e. The van der Waals surface area contributed by atoms with E-state index in [4.69, 9.17) is 5.73 Å². The second-order valence-corrected chi connectivity index (χ2v) is 5.64. The third kappa shape index (κ3) is 3.91. The van der Waals surface area contributed by atoms with Gasteiger partial charge in [0.1, 0.15) is 0 Å². The van der Waals surface area contributed by atoms with Gasteiger partial charge in [0.05, 0.1) is 17.8 Å². The number of piperidine rings is 1. The molecule has 5 nitrogen and oxygen atoms in total. The van der Waals surface area contributed by atoms with Crippen LogP contribution in [0.4, 0.5) is 5.69 Å². The molecule has 1 amide bonds. The number of halogens is 1. The maximum Gasteiger partial charge on any atom is 0.224 e. The fourth-order valence-electron chi connectivity index (χ4n) is 2.34. The number of aromatic nitrogens is 1. The molecular weight excluding hydrogens is 308 g/mol. The number of carbonyl (C=O) groups is 1. The summed E-state index contributed by atoms with van der Waals surface area (Å²) in [4.78, 5) is 18.4. The minimum atomic E-state index is 0.0410. The highest BCUT2D eigenvalue weighted by Gasteiger charge is 2.25. The lowest BCUT2D eigenvalue weighted by atomic mass is 9.97. The second kappa shape index (κ2) is 6.86. The van der Waals surface area contributed by atoms with Crippen LogP contribution in [-0.4, -0.2) is 37.1 Å². The van der Waals surface area contributed by atoms with E-state index in [-0.39, 0.29) is 11.8 Å². The lowest BCUT2D eigenvalue weighted by Crippen LogP contribution is -2.44. The average Bonchev–Trinajstić information content (AvgIpc) is 2.45. The summed E-state index contributed by atoms with van der Waals surface area (Å²) < 4.78 is 0.958. The molecule has 104 valence electrons. The van der Waals surface area contributed by atoms with Crippen molar-refractivity contribution in [1.29, 1.82) is 0 Å². The maximum atomic E-state index is 12.0. The van der Waals surface area contributed by atoms with Crippen molar-refractivity contribution in [3.05, 3.63) is 22.9 Å². The molecule has 2 heterocycles. The standard InChI is InChI=1S/C13H19BrN4O/c14-11-6-12(8-16-7-11)18-5-1-2-10(9-18)13(19)17-4-3-15/h6-8,10H,1-5,9,15H2,(H,17,19). The minimum Gasteiger partial charge on any atom is -0.369 e. The summed E-state index contributed by atoms with van der Waals surface area (Å²) in [6.45, 7) is 2.75. The number of amides is 1. The Bertz CT molecular complexity index is 440. The molecule has 2 rings (SSSR count). The van der Waals surface area contributed by atoms with E-state index in [0.29, 0.717) is 13.1 Å². The Kier molecular flexibility index (Phi) is 5.15. The van der Waals surface area contributed by atoms with Crippen molar-refractivity contribution in [3.63, 3.8) is 0 Å². The number of nitrogens with two attached hydrogens (primary N) is 1. The Morgan fingerprint density at radius 3 is 3.16 bits per heavy atom. The molecule has 0 aliphatic carbocycles. The summed E-state index contributed by atoms with van der Waals surface area (Å²) in [6, 6.07) is 2.03. The van der Waals surface area contributed by atoms with Crippen molar-refractivity contribution >= 4 is 27.5 Å². The number of nitrogens with zero attached hydrogens (tertiary/aromatic N) is 2. The molecule has 1 fully saturated rings. The van der Waals surface area contributed by atoms with Crippen LogP contribution >= 0.6 is 15.9 Å². The number of hydrogen-bond acceptors (Lipinski definition) is 4. The number of pyridine rings is 1. The average molecular weight is 327 g/mol. The summed E-state index contributed by atoms with van der Waals surface area (Å²) in [5.74, 6) is 0.150. The molecule has 1 aliphatic heterocycles. The van der Waals surface area contributed by atoms with Gasteiger partial charge in [0.15, 0.2) is 0 Å². The van der Waals surface area contributed by atoms with Crippen LogP contribution in [-0.2, 0) is 4.79 Å². The van der Waals surface area contributed by atoms with Gasteiger partial charge in [-0.1, -0.05) is 0 Å². The minimum absolute atomic E-state index is 0.0410. The highest BCUT2D eigenvalue weighted by molar-refractivity contribution is 9.10. The van der Waals surface area contributed by atoms with Gasteiger partial charge in [0.25, 0.3) is 0 Å². The van der Waals surface area contributed by atoms with Gasteiger partial charge < -0.3 is 16.0 Å². The quantitative estimate of drug-likeness (QED) is 0.870. The normalized spacial score (nSPS) is 19.3. The number of nitrogens with one attached hydrogen (secondary N) is 1. The third-order valence-electron chi connectivity index (χ3n) is 3.29. The molecule has 1 aromatic heterocycles. The predicted molar refractivity (Wildman–Crippen MR) is 78.9 cm³/mol. The molecule has 1 aliphatic rings. The van der Waals surface area contributed by atoms with Crippen LogP contribution in [0.5, 0.6) is 0 Å². The van der Waals surface area contributed by atoms with E-state index in [1.807, 2.05) is 12.3 Å². The molecule has 0 radical (unpaired) electrons. The highest BCUT2D eigenvalue weighted by Crippen LogP contribution is 2.24. The number of rotatable bonds is 4. The second-order valence-electron chi connectivity index (χ2n) is 4.73. The molecular formula is C13H19BrN4O. The fraction of sp³-hybridized carbons (Fsp3) is 0.538. The van der Waals surface area contributed by atoms with Crippen LogP contribution < -0.4 is 16.0 Å². The Morgan fingerprint density at radius 2 is 2.42 bits per heavy atom. The molecule has 6 heteroatoms. The zero-order valence-electron chi connectivity index (χ0n) is 10.8. The molecule has 0 bridgehead atoms. The lowest BCUT2D eigenvalue weighted by Gasteiger charge is -2.33. The summed E-state index contributed by atoms with van der Waals surface area (Å²) in [5.41, 5.74) is 6.46. The van der Waals surface area contributed by atoms with Gasteiger partial charge in [-0.05, 0) is 34.8 Å². The maximum absolute atomic E-state index is 12.0. The lowest BCUT2D eigenvalue weighted by molar-refractivity contribution is -0.125. The molecule has 0 spiro atoms. The van der Waals surface area contributed by atoms with Crippen LogP contribution in [0.15, 0.2) is 22.9 Å². The van der Waals surface area contributed by atoms with Crippen LogP contribution in [0.25, 0.3) is 0 Å². The van der Waals surface area contributed by atoms with Crippen molar-refractivity contribution in [2.75, 3.05) is 31.1 Å². The van der Waals surface area contributed by atoms with Gasteiger partial charge in [-0.2, -0.15) is 0 Å². The molecule has 3 N–H and O–H groups in total. The largest absolute Gasteiger partial charge is 0.369 e. The van der Waals surface area contributed by atoms with Crippen LogP contribution in [0.1, 0.15) is 12.8 Å². The first-order chi connectivity index (χ1) is 9.20. The number of anilines is 1. The fourth-order valence-corrected chi connectivity index (χ4v) is 2.69. The molecule has 1 aromatic rings. The van der Waals surface area contributed by atoms with Gasteiger partial charge in [-0.25, -0.2) is 0 Å². The summed E-state index contributed by atoms with van der Waals surface area (Å²) in [5, 5.41) is 2.87. The first kappa shape index (κ1) is 14.3. The number of hydrogen-bond donors (Lipinski definition) is 2. The summed E-state index contributed by atoms with van der Waals surface area (Å²) in [6.07, 6.45) is 5.56. The summed E-state index contributed by atoms with van der Waals surface area (Å²) >= 11 is 3.42. The van der Waals surface area contributed by atoms with E-state index in [1.165, 1.54) is 0 Å². The SMILES string of the molecule is NCCNC(=O)C1CCCN(c2cncc(Br)c2)C1. The topological polar surface area (TPSA) is 71.2 Å². The van der Waals surface area contributed by atoms with Crippen molar-refractivity contribution in [1.82, 2.24) is 10.3 Å². The summed E-state index contributed by atoms with van der Waals surface area (Å²) in [7, 11) is 0. The first-order valence-electron chi connectivity index (χ1n) is 6.54. The third-order valence-corrected chi connectivity index (χ3v) is 3.73. The Hall–Kier alpha value is -1.14. The van der Waals surface area contributed by atoms with E-state index in [2.05, 4.69) is 31.1 Å². The van der Waals surface area contributed by atoms with Crippen molar-refractivity contribution in [2.24, 2.45) is 11.7 Å². The molecule has 19 heavy (non-hydrogen) atoms. The van der Waals surface area contributed by atoms with Crippen LogP contribution in [0.2, 0.25) is 0 Å². The van der Waals surface area contributed by atoms with E-state index < -0.39 is 0 Å². The van der Waals surface area contributed by atoms with Gasteiger partial charge in [-0.15, -0.1) is 0 Å². The molecule has 0 aromatic carbocycles. The van der Waals surface area contributed by atoms with Crippen molar-refractivity contribution < 1.29 is 4.79 Å². The van der Waals surface area contributed by atoms with Gasteiger partial charge in [0, 0.05) is 36.8 Å². The zero-order valence-corrected chi connectivity index (χ0v) is 12.4. The predicted octanol–water partition coefficient (Wildman–Crippen LogP) is 1.14. The van der Waals surface area contributed by atoms with E-state index >= 15 is 0 Å². The Labute approximate surface area is 121 Å². The van der Waals surface area contributed by atoms with E-state index in [1.54, 1.807) is 6.20 Å². The highest BCUT2D eigenvalue weighted by atomic mass is 79.9. The van der Waals surface area contributed by atoms with E-state index in [0.717, 1.165) is 36.1 Å². The Morgan fingerprint density at radius 1 is 1.58 bits per heavy atom.